The zero-order chi connectivity index (χ0) is 11.5. The summed E-state index contributed by atoms with van der Waals surface area (Å²) in [6, 6.07) is 8.49. The first-order valence-electron chi connectivity index (χ1n) is 5.29. The molecule has 0 aliphatic rings. The first-order valence-corrected chi connectivity index (χ1v) is 7.20. The van der Waals surface area contributed by atoms with Crippen LogP contribution in [-0.4, -0.2) is 5.33 Å². The summed E-state index contributed by atoms with van der Waals surface area (Å²) in [5.41, 5.74) is 1.72. The summed E-state index contributed by atoms with van der Waals surface area (Å²) in [6.45, 7) is 6.92. The first-order chi connectivity index (χ1) is 6.99. The minimum absolute atomic E-state index is 0.323. The SMILES string of the molecule is CC(C)C(C)(CBr)Cc1ccccc1Br. The van der Waals surface area contributed by atoms with Crippen LogP contribution in [0.15, 0.2) is 28.7 Å². The highest BCUT2D eigenvalue weighted by atomic mass is 79.9. The van der Waals surface area contributed by atoms with Gasteiger partial charge in [-0.3, -0.25) is 0 Å². The summed E-state index contributed by atoms with van der Waals surface area (Å²) >= 11 is 7.25. The lowest BCUT2D eigenvalue weighted by atomic mass is 9.76. The molecule has 0 fully saturated rings. The molecule has 0 radical (unpaired) electrons. The van der Waals surface area contributed by atoms with Crippen LogP contribution in [0.1, 0.15) is 26.3 Å². The normalized spacial score (nSPS) is 15.3. The van der Waals surface area contributed by atoms with E-state index in [0.717, 1.165) is 11.8 Å². The van der Waals surface area contributed by atoms with Gasteiger partial charge in [-0.25, -0.2) is 0 Å². The number of alkyl halides is 1. The number of hydrogen-bond donors (Lipinski definition) is 0. The van der Waals surface area contributed by atoms with Gasteiger partial charge >= 0.3 is 0 Å². The number of rotatable bonds is 4. The van der Waals surface area contributed by atoms with Crippen molar-refractivity contribution in [1.82, 2.24) is 0 Å². The molecule has 84 valence electrons. The maximum atomic E-state index is 3.64. The van der Waals surface area contributed by atoms with Crippen molar-refractivity contribution in [1.29, 1.82) is 0 Å². The van der Waals surface area contributed by atoms with Crippen LogP contribution in [0.25, 0.3) is 0 Å². The molecule has 0 spiro atoms. The molecule has 0 aromatic heterocycles. The van der Waals surface area contributed by atoms with Crippen LogP contribution in [0.5, 0.6) is 0 Å². The molecule has 1 unspecified atom stereocenters. The lowest BCUT2D eigenvalue weighted by Crippen LogP contribution is -2.28. The van der Waals surface area contributed by atoms with Gasteiger partial charge in [-0.15, -0.1) is 0 Å². The van der Waals surface area contributed by atoms with E-state index in [1.165, 1.54) is 10.0 Å². The van der Waals surface area contributed by atoms with E-state index in [9.17, 15) is 0 Å². The molecule has 1 aromatic carbocycles. The topological polar surface area (TPSA) is 0 Å². The Kier molecular flexibility index (Phi) is 4.85. The van der Waals surface area contributed by atoms with Gasteiger partial charge < -0.3 is 0 Å². The highest BCUT2D eigenvalue weighted by Gasteiger charge is 2.27. The third-order valence-corrected chi connectivity index (χ3v) is 5.31. The Morgan fingerprint density at radius 1 is 1.27 bits per heavy atom. The molecular formula is C13H18Br2. The second kappa shape index (κ2) is 5.49. The molecule has 0 N–H and O–H groups in total. The molecule has 2 heteroatoms. The van der Waals surface area contributed by atoms with Crippen LogP contribution >= 0.6 is 31.9 Å². The van der Waals surface area contributed by atoms with Crippen LogP contribution in [0.3, 0.4) is 0 Å². The lowest BCUT2D eigenvalue weighted by Gasteiger charge is -2.32. The molecular weight excluding hydrogens is 316 g/mol. The smallest absolute Gasteiger partial charge is 0.0207 e. The molecule has 0 heterocycles. The van der Waals surface area contributed by atoms with Crippen molar-refractivity contribution < 1.29 is 0 Å². The maximum Gasteiger partial charge on any atom is 0.0207 e. The predicted octanol–water partition coefficient (Wildman–Crippen LogP) is 5.05. The highest BCUT2D eigenvalue weighted by Crippen LogP contribution is 2.35. The second-order valence-corrected chi connectivity index (χ2v) is 6.13. The highest BCUT2D eigenvalue weighted by molar-refractivity contribution is 9.10. The van der Waals surface area contributed by atoms with Gasteiger partial charge in [-0.1, -0.05) is 70.8 Å². The van der Waals surface area contributed by atoms with Crippen LogP contribution in [-0.2, 0) is 6.42 Å². The van der Waals surface area contributed by atoms with Crippen molar-refractivity contribution in [2.45, 2.75) is 27.2 Å². The molecule has 0 bridgehead atoms. The van der Waals surface area contributed by atoms with Gasteiger partial charge in [0.25, 0.3) is 0 Å². The quantitative estimate of drug-likeness (QED) is 0.676. The van der Waals surface area contributed by atoms with E-state index in [0.29, 0.717) is 11.3 Å². The number of hydrogen-bond acceptors (Lipinski definition) is 0. The summed E-state index contributed by atoms with van der Waals surface area (Å²) in [5, 5.41) is 1.04. The fraction of sp³-hybridized carbons (Fsp3) is 0.538. The molecule has 15 heavy (non-hydrogen) atoms. The molecule has 0 nitrogen and oxygen atoms in total. The summed E-state index contributed by atoms with van der Waals surface area (Å²) in [5.74, 6) is 0.670. The van der Waals surface area contributed by atoms with Gasteiger partial charge in [-0.2, -0.15) is 0 Å². The second-order valence-electron chi connectivity index (χ2n) is 4.71. The van der Waals surface area contributed by atoms with Crippen LogP contribution < -0.4 is 0 Å². The largest absolute Gasteiger partial charge is 0.0922 e. The summed E-state index contributed by atoms with van der Waals surface area (Å²) < 4.78 is 1.22. The zero-order valence-electron chi connectivity index (χ0n) is 9.56. The Morgan fingerprint density at radius 2 is 1.87 bits per heavy atom. The van der Waals surface area contributed by atoms with E-state index in [1.807, 2.05) is 0 Å². The van der Waals surface area contributed by atoms with Crippen molar-refractivity contribution in [2.75, 3.05) is 5.33 Å². The Hall–Kier alpha value is 0.180. The minimum atomic E-state index is 0.323. The molecule has 0 amide bonds. The molecule has 0 aliphatic carbocycles. The minimum Gasteiger partial charge on any atom is -0.0922 e. The maximum absolute atomic E-state index is 3.64. The molecule has 1 rings (SSSR count). The Balaban J connectivity index is 2.89. The van der Waals surface area contributed by atoms with E-state index < -0.39 is 0 Å². The van der Waals surface area contributed by atoms with E-state index in [2.05, 4.69) is 76.9 Å². The summed E-state index contributed by atoms with van der Waals surface area (Å²) in [6.07, 6.45) is 1.11. The van der Waals surface area contributed by atoms with Crippen LogP contribution in [0.4, 0.5) is 0 Å². The zero-order valence-corrected chi connectivity index (χ0v) is 12.7. The van der Waals surface area contributed by atoms with Crippen molar-refractivity contribution >= 4 is 31.9 Å². The van der Waals surface area contributed by atoms with Crippen molar-refractivity contribution in [3.63, 3.8) is 0 Å². The monoisotopic (exact) mass is 332 g/mol. The van der Waals surface area contributed by atoms with Gasteiger partial charge in [0.15, 0.2) is 0 Å². The number of halogens is 2. The summed E-state index contributed by atoms with van der Waals surface area (Å²) in [7, 11) is 0. The fourth-order valence-corrected chi connectivity index (χ4v) is 2.75. The van der Waals surface area contributed by atoms with Crippen molar-refractivity contribution in [2.24, 2.45) is 11.3 Å². The van der Waals surface area contributed by atoms with Gasteiger partial charge in [-0.05, 0) is 29.4 Å². The average molecular weight is 334 g/mol. The molecule has 0 aliphatic heterocycles. The van der Waals surface area contributed by atoms with E-state index in [1.54, 1.807) is 0 Å². The average Bonchev–Trinajstić information content (AvgIpc) is 2.21. The third-order valence-electron chi connectivity index (χ3n) is 3.25. The van der Waals surface area contributed by atoms with Gasteiger partial charge in [0.2, 0.25) is 0 Å². The predicted molar refractivity (Wildman–Crippen MR) is 74.6 cm³/mol. The van der Waals surface area contributed by atoms with Crippen LogP contribution in [0.2, 0.25) is 0 Å². The standard InChI is InChI=1S/C13H18Br2/c1-10(2)13(3,9-14)8-11-6-4-5-7-12(11)15/h4-7,10H,8-9H2,1-3H3. The van der Waals surface area contributed by atoms with Crippen LogP contribution in [0, 0.1) is 11.3 Å². The third kappa shape index (κ3) is 3.32. The lowest BCUT2D eigenvalue weighted by molar-refractivity contribution is 0.257. The molecule has 0 saturated heterocycles. The Bertz CT molecular complexity index is 320. The fourth-order valence-electron chi connectivity index (χ4n) is 1.48. The van der Waals surface area contributed by atoms with Crippen molar-refractivity contribution in [3.8, 4) is 0 Å². The molecule has 1 aromatic rings. The Morgan fingerprint density at radius 3 is 2.33 bits per heavy atom. The van der Waals surface area contributed by atoms with Crippen molar-refractivity contribution in [3.05, 3.63) is 34.3 Å². The molecule has 0 saturated carbocycles. The summed E-state index contributed by atoms with van der Waals surface area (Å²) in [4.78, 5) is 0. The van der Waals surface area contributed by atoms with Gasteiger partial charge in [0.05, 0.1) is 0 Å². The van der Waals surface area contributed by atoms with E-state index in [-0.39, 0.29) is 0 Å². The van der Waals surface area contributed by atoms with E-state index in [4.69, 9.17) is 0 Å². The number of benzene rings is 1. The first kappa shape index (κ1) is 13.2. The Labute approximate surface area is 110 Å². The van der Waals surface area contributed by atoms with Gasteiger partial charge in [0.1, 0.15) is 0 Å². The van der Waals surface area contributed by atoms with Gasteiger partial charge in [0, 0.05) is 9.80 Å². The van der Waals surface area contributed by atoms with E-state index >= 15 is 0 Å². The molecule has 1 atom stereocenters.